The molecule has 0 aromatic heterocycles. The van der Waals surface area contributed by atoms with E-state index in [-0.39, 0.29) is 30.2 Å². The van der Waals surface area contributed by atoms with E-state index < -0.39 is 0 Å². The number of rotatable bonds is 5. The molecule has 0 heterocycles. The van der Waals surface area contributed by atoms with E-state index in [9.17, 15) is 9.59 Å². The minimum atomic E-state index is -0.178. The molecule has 0 aliphatic heterocycles. The highest BCUT2D eigenvalue weighted by molar-refractivity contribution is 6.35. The number of carbonyl (C=O) groups excluding carboxylic acids is 2. The lowest BCUT2D eigenvalue weighted by atomic mass is 10.1. The second-order valence-electron chi connectivity index (χ2n) is 4.79. The molecule has 1 aliphatic carbocycles. The zero-order valence-corrected chi connectivity index (χ0v) is 12.6. The average Bonchev–Trinajstić information content (AvgIpc) is 3.16. The first-order chi connectivity index (χ1) is 9.52. The summed E-state index contributed by atoms with van der Waals surface area (Å²) in [5, 5.41) is 6.43. The van der Waals surface area contributed by atoms with Crippen LogP contribution in [0.2, 0.25) is 10.0 Å². The molecule has 1 aliphatic rings. The summed E-state index contributed by atoms with van der Waals surface area (Å²) in [4.78, 5) is 23.2. The largest absolute Gasteiger partial charge is 0.355 e. The molecule has 1 fully saturated rings. The fourth-order valence-corrected chi connectivity index (χ4v) is 2.74. The minimum Gasteiger partial charge on any atom is -0.355 e. The highest BCUT2D eigenvalue weighted by atomic mass is 35.5. The summed E-state index contributed by atoms with van der Waals surface area (Å²) in [5.41, 5.74) is 0.939. The van der Waals surface area contributed by atoms with Crippen LogP contribution in [0, 0.1) is 5.92 Å². The maximum Gasteiger partial charge on any atom is 0.239 e. The first-order valence-corrected chi connectivity index (χ1v) is 7.28. The number of hydrogen-bond donors (Lipinski definition) is 2. The minimum absolute atomic E-state index is 0.0181. The molecular formula is C14H16Cl2N2O2. The van der Waals surface area contributed by atoms with Crippen molar-refractivity contribution >= 4 is 35.0 Å². The third-order valence-electron chi connectivity index (χ3n) is 3.29. The van der Waals surface area contributed by atoms with Crippen molar-refractivity contribution in [3.63, 3.8) is 0 Å². The maximum absolute atomic E-state index is 11.9. The van der Waals surface area contributed by atoms with Crippen LogP contribution in [0.4, 0.5) is 0 Å². The predicted molar refractivity (Wildman–Crippen MR) is 79.0 cm³/mol. The molecular weight excluding hydrogens is 299 g/mol. The van der Waals surface area contributed by atoms with Crippen molar-refractivity contribution < 1.29 is 9.59 Å². The zero-order valence-electron chi connectivity index (χ0n) is 11.1. The quantitative estimate of drug-likeness (QED) is 0.876. The van der Waals surface area contributed by atoms with Crippen LogP contribution in [0.1, 0.15) is 24.8 Å². The summed E-state index contributed by atoms with van der Waals surface area (Å²) in [6.45, 7) is 2.41. The number of carbonyl (C=O) groups is 2. The van der Waals surface area contributed by atoms with Crippen LogP contribution >= 0.6 is 23.2 Å². The topological polar surface area (TPSA) is 58.2 Å². The first-order valence-electron chi connectivity index (χ1n) is 6.52. The zero-order chi connectivity index (χ0) is 14.7. The number of likely N-dealkylation sites (N-methyl/N-ethyl adjacent to an activating group) is 1. The van der Waals surface area contributed by atoms with Gasteiger partial charge in [-0.1, -0.05) is 29.3 Å². The van der Waals surface area contributed by atoms with Crippen LogP contribution in [0.25, 0.3) is 0 Å². The van der Waals surface area contributed by atoms with E-state index >= 15 is 0 Å². The van der Waals surface area contributed by atoms with Gasteiger partial charge >= 0.3 is 0 Å². The van der Waals surface area contributed by atoms with E-state index in [1.54, 1.807) is 12.1 Å². The van der Waals surface area contributed by atoms with E-state index in [1.165, 1.54) is 0 Å². The van der Waals surface area contributed by atoms with Crippen LogP contribution in [0.15, 0.2) is 18.2 Å². The summed E-state index contributed by atoms with van der Waals surface area (Å²) >= 11 is 12.0. The van der Waals surface area contributed by atoms with E-state index in [4.69, 9.17) is 23.2 Å². The Kier molecular flexibility index (Phi) is 4.89. The van der Waals surface area contributed by atoms with Gasteiger partial charge in [0.2, 0.25) is 11.8 Å². The molecule has 2 amide bonds. The van der Waals surface area contributed by atoms with Gasteiger partial charge in [-0.05, 0) is 37.0 Å². The van der Waals surface area contributed by atoms with Crippen molar-refractivity contribution in [3.05, 3.63) is 33.8 Å². The standard InChI is InChI=1S/C14H16Cl2N2O2/c1-2-17-13(19)7-18-14(20)11-6-10(11)9-4-3-8(15)5-12(9)16/h3-5,10-11H,2,6-7H2,1H3,(H,17,19)(H,18,20)/t10-,11-/m0/s1. The molecule has 1 saturated carbocycles. The van der Waals surface area contributed by atoms with Gasteiger partial charge in [0.05, 0.1) is 6.54 Å². The molecule has 0 radical (unpaired) electrons. The van der Waals surface area contributed by atoms with E-state index in [0.717, 1.165) is 12.0 Å². The Hall–Kier alpha value is -1.26. The Bertz CT molecular complexity index is 534. The molecule has 2 atom stereocenters. The lowest BCUT2D eigenvalue weighted by molar-refractivity contribution is -0.126. The van der Waals surface area contributed by atoms with Gasteiger partial charge in [0, 0.05) is 22.5 Å². The Morgan fingerprint density at radius 1 is 1.30 bits per heavy atom. The van der Waals surface area contributed by atoms with Crippen molar-refractivity contribution in [2.75, 3.05) is 13.1 Å². The fourth-order valence-electron chi connectivity index (χ4n) is 2.19. The summed E-state index contributed by atoms with van der Waals surface area (Å²) in [6.07, 6.45) is 0.753. The second kappa shape index (κ2) is 6.46. The predicted octanol–water partition coefficient (Wildman–Crippen LogP) is 2.35. The number of halogens is 2. The molecule has 2 rings (SSSR count). The molecule has 0 saturated heterocycles. The monoisotopic (exact) mass is 314 g/mol. The summed E-state index contributed by atoms with van der Waals surface area (Å²) in [5.74, 6) is -0.271. The molecule has 1 aromatic rings. The lowest BCUT2D eigenvalue weighted by Gasteiger charge is -2.06. The average molecular weight is 315 g/mol. The lowest BCUT2D eigenvalue weighted by Crippen LogP contribution is -2.37. The van der Waals surface area contributed by atoms with Crippen LogP contribution in [0.3, 0.4) is 0 Å². The van der Waals surface area contributed by atoms with Gasteiger partial charge in [-0.15, -0.1) is 0 Å². The summed E-state index contributed by atoms with van der Waals surface area (Å²) < 4.78 is 0. The molecule has 20 heavy (non-hydrogen) atoms. The van der Waals surface area contributed by atoms with Gasteiger partial charge in [-0.2, -0.15) is 0 Å². The van der Waals surface area contributed by atoms with Gasteiger partial charge < -0.3 is 10.6 Å². The Labute approximate surface area is 127 Å². The van der Waals surface area contributed by atoms with Gasteiger partial charge in [-0.3, -0.25) is 9.59 Å². The van der Waals surface area contributed by atoms with Crippen molar-refractivity contribution in [2.24, 2.45) is 5.92 Å². The molecule has 2 N–H and O–H groups in total. The molecule has 108 valence electrons. The third kappa shape index (κ3) is 3.64. The molecule has 0 spiro atoms. The van der Waals surface area contributed by atoms with Crippen molar-refractivity contribution in [3.8, 4) is 0 Å². The Balaban J connectivity index is 1.88. The van der Waals surface area contributed by atoms with Crippen LogP contribution in [-0.4, -0.2) is 24.9 Å². The molecule has 4 nitrogen and oxygen atoms in total. The van der Waals surface area contributed by atoms with Gasteiger partial charge in [0.25, 0.3) is 0 Å². The van der Waals surface area contributed by atoms with E-state index in [2.05, 4.69) is 10.6 Å². The van der Waals surface area contributed by atoms with E-state index in [1.807, 2.05) is 13.0 Å². The number of nitrogens with one attached hydrogen (secondary N) is 2. The highest BCUT2D eigenvalue weighted by Gasteiger charge is 2.44. The van der Waals surface area contributed by atoms with Crippen LogP contribution in [0.5, 0.6) is 0 Å². The van der Waals surface area contributed by atoms with Crippen molar-refractivity contribution in [2.45, 2.75) is 19.3 Å². The first kappa shape index (κ1) is 15.1. The summed E-state index contributed by atoms with van der Waals surface area (Å²) in [6, 6.07) is 5.30. The fraction of sp³-hybridized carbons (Fsp3) is 0.429. The highest BCUT2D eigenvalue weighted by Crippen LogP contribution is 2.49. The Morgan fingerprint density at radius 2 is 2.05 bits per heavy atom. The summed E-state index contributed by atoms with van der Waals surface area (Å²) in [7, 11) is 0. The SMILES string of the molecule is CCNC(=O)CNC(=O)[C@H]1C[C@H]1c1ccc(Cl)cc1Cl. The Morgan fingerprint density at radius 3 is 2.70 bits per heavy atom. The molecule has 0 bridgehead atoms. The van der Waals surface area contributed by atoms with Crippen LogP contribution in [-0.2, 0) is 9.59 Å². The van der Waals surface area contributed by atoms with Gasteiger partial charge in [-0.25, -0.2) is 0 Å². The van der Waals surface area contributed by atoms with Gasteiger partial charge in [0.1, 0.15) is 0 Å². The number of benzene rings is 1. The smallest absolute Gasteiger partial charge is 0.239 e. The molecule has 0 unspecified atom stereocenters. The molecule has 1 aromatic carbocycles. The second-order valence-corrected chi connectivity index (χ2v) is 5.63. The third-order valence-corrected chi connectivity index (χ3v) is 3.85. The van der Waals surface area contributed by atoms with Gasteiger partial charge in [0.15, 0.2) is 0 Å². The van der Waals surface area contributed by atoms with E-state index in [0.29, 0.717) is 16.6 Å². The van der Waals surface area contributed by atoms with Crippen LogP contribution < -0.4 is 10.6 Å². The molecule has 6 heteroatoms. The van der Waals surface area contributed by atoms with Crippen molar-refractivity contribution in [1.29, 1.82) is 0 Å². The number of hydrogen-bond acceptors (Lipinski definition) is 2. The normalized spacial score (nSPS) is 20.4. The van der Waals surface area contributed by atoms with Crippen molar-refractivity contribution in [1.82, 2.24) is 10.6 Å². The maximum atomic E-state index is 11.9. The number of amides is 2.